The number of nitrogens with one attached hydrogen (secondary N) is 1. The summed E-state index contributed by atoms with van der Waals surface area (Å²) in [5.41, 5.74) is 1.70. The molecule has 1 aliphatic rings. The highest BCUT2D eigenvalue weighted by atomic mass is 19.4. The molecule has 33 heavy (non-hydrogen) atoms. The Morgan fingerprint density at radius 3 is 2.45 bits per heavy atom. The number of halogens is 3. The molecule has 0 radical (unpaired) electrons. The topological polar surface area (TPSA) is 88.3 Å². The van der Waals surface area contributed by atoms with Gasteiger partial charge in [-0.25, -0.2) is 0 Å². The highest BCUT2D eigenvalue weighted by Crippen LogP contribution is 2.29. The van der Waals surface area contributed by atoms with Gasteiger partial charge in [-0.2, -0.15) is 18.2 Å². The minimum atomic E-state index is -4.73. The van der Waals surface area contributed by atoms with Crippen molar-refractivity contribution >= 4 is 11.8 Å². The van der Waals surface area contributed by atoms with Crippen LogP contribution in [0.2, 0.25) is 0 Å². The van der Waals surface area contributed by atoms with Gasteiger partial charge in [0.1, 0.15) is 6.04 Å². The van der Waals surface area contributed by atoms with Crippen molar-refractivity contribution in [1.82, 2.24) is 20.4 Å². The van der Waals surface area contributed by atoms with Crippen LogP contribution in [0.3, 0.4) is 0 Å². The number of amides is 2. The summed E-state index contributed by atoms with van der Waals surface area (Å²) < 4.78 is 42.1. The molecule has 1 N–H and O–H groups in total. The fourth-order valence-electron chi connectivity index (χ4n) is 3.80. The van der Waals surface area contributed by atoms with Crippen LogP contribution in [0, 0.1) is 0 Å². The summed E-state index contributed by atoms with van der Waals surface area (Å²) in [6.07, 6.45) is -3.87. The van der Waals surface area contributed by atoms with Crippen molar-refractivity contribution in [3.8, 4) is 11.4 Å². The van der Waals surface area contributed by atoms with E-state index in [9.17, 15) is 22.8 Å². The zero-order valence-corrected chi connectivity index (χ0v) is 17.7. The zero-order chi connectivity index (χ0) is 23.6. The molecule has 1 aliphatic heterocycles. The Kier molecular flexibility index (Phi) is 6.17. The molecule has 0 bridgehead atoms. The van der Waals surface area contributed by atoms with E-state index in [1.807, 2.05) is 30.3 Å². The summed E-state index contributed by atoms with van der Waals surface area (Å²) in [6, 6.07) is 14.9. The second-order valence-electron chi connectivity index (χ2n) is 7.87. The number of hydrogen-bond donors (Lipinski definition) is 1. The maximum Gasteiger partial charge on any atom is 0.471 e. The number of hydrogen-bond acceptors (Lipinski definition) is 5. The van der Waals surface area contributed by atoms with Gasteiger partial charge in [-0.05, 0) is 31.0 Å². The van der Waals surface area contributed by atoms with Gasteiger partial charge in [0.25, 0.3) is 5.91 Å². The summed E-state index contributed by atoms with van der Waals surface area (Å²) in [5.74, 6) is -2.04. The molecule has 2 heterocycles. The maximum absolute atomic E-state index is 12.8. The highest BCUT2D eigenvalue weighted by molar-refractivity contribution is 5.97. The molecule has 0 saturated carbocycles. The van der Waals surface area contributed by atoms with E-state index in [4.69, 9.17) is 0 Å². The molecule has 2 atom stereocenters. The van der Waals surface area contributed by atoms with Crippen molar-refractivity contribution in [1.29, 1.82) is 0 Å². The van der Waals surface area contributed by atoms with E-state index in [1.54, 1.807) is 11.8 Å². The normalized spacial score (nSPS) is 17.1. The van der Waals surface area contributed by atoms with Crippen molar-refractivity contribution < 1.29 is 27.3 Å². The van der Waals surface area contributed by atoms with Crippen LogP contribution in [-0.4, -0.2) is 46.0 Å². The van der Waals surface area contributed by atoms with Crippen molar-refractivity contribution in [2.75, 3.05) is 13.1 Å². The summed E-state index contributed by atoms with van der Waals surface area (Å²) >= 11 is 0. The fraction of sp³-hybridized carbons (Fsp3) is 0.304. The predicted molar refractivity (Wildman–Crippen MR) is 112 cm³/mol. The number of carbonyl (C=O) groups excluding carboxylic acids is 2. The Bertz CT molecular complexity index is 1130. The largest absolute Gasteiger partial charge is 0.471 e. The maximum atomic E-state index is 12.8. The molecule has 1 fully saturated rings. The molecule has 7 nitrogen and oxygen atoms in total. The van der Waals surface area contributed by atoms with E-state index in [-0.39, 0.29) is 28.8 Å². The molecule has 0 aliphatic carbocycles. The molecular formula is C23H21F3N4O3. The molecule has 172 valence electrons. The number of carbonyl (C=O) groups is 2. The molecular weight excluding hydrogens is 437 g/mol. The lowest BCUT2D eigenvalue weighted by atomic mass is 9.99. The van der Waals surface area contributed by atoms with Crippen molar-refractivity contribution in [2.24, 2.45) is 0 Å². The van der Waals surface area contributed by atoms with Gasteiger partial charge < -0.3 is 14.7 Å². The molecule has 2 amide bonds. The number of nitrogens with zero attached hydrogens (tertiary/aromatic N) is 3. The standard InChI is InChI=1S/C23H21F3N4O3/c1-14(21(32)30-12-11-18(13-30)15-5-3-2-4-6-15)27-20(31)17-9-7-16(8-10-17)19-28-22(33-29-19)23(24,25)26/h2-10,14,18H,11-13H2,1H3,(H,27,31)/t14-,18-/m0/s1. The van der Waals surface area contributed by atoms with E-state index in [0.717, 1.165) is 6.42 Å². The summed E-state index contributed by atoms with van der Waals surface area (Å²) in [4.78, 5) is 30.4. The third kappa shape index (κ3) is 5.05. The Morgan fingerprint density at radius 1 is 1.12 bits per heavy atom. The number of alkyl halides is 3. The Balaban J connectivity index is 1.35. The first-order valence-electron chi connectivity index (χ1n) is 10.4. The molecule has 4 rings (SSSR count). The predicted octanol–water partition coefficient (Wildman–Crippen LogP) is 3.89. The SMILES string of the molecule is C[C@H](NC(=O)c1ccc(-c2noc(C(F)(F)F)n2)cc1)C(=O)N1CC[C@H](c2ccccc2)C1. The fourth-order valence-corrected chi connectivity index (χ4v) is 3.80. The Morgan fingerprint density at radius 2 is 1.82 bits per heavy atom. The first kappa shape index (κ1) is 22.5. The third-order valence-corrected chi connectivity index (χ3v) is 5.56. The third-order valence-electron chi connectivity index (χ3n) is 5.56. The molecule has 1 saturated heterocycles. The molecule has 3 aromatic rings. The van der Waals surface area contributed by atoms with Crippen molar-refractivity contribution in [3.63, 3.8) is 0 Å². The van der Waals surface area contributed by atoms with Crippen LogP contribution in [0.15, 0.2) is 59.1 Å². The van der Waals surface area contributed by atoms with E-state index >= 15 is 0 Å². The van der Waals surface area contributed by atoms with Gasteiger partial charge in [0.15, 0.2) is 0 Å². The number of benzene rings is 2. The lowest BCUT2D eigenvalue weighted by Gasteiger charge is -2.22. The first-order valence-corrected chi connectivity index (χ1v) is 10.4. The lowest BCUT2D eigenvalue weighted by molar-refractivity contribution is -0.159. The Hall–Kier alpha value is -3.69. The summed E-state index contributed by atoms with van der Waals surface area (Å²) in [6.45, 7) is 2.85. The van der Waals surface area contributed by atoms with Crippen LogP contribution in [0.5, 0.6) is 0 Å². The van der Waals surface area contributed by atoms with Crippen molar-refractivity contribution in [3.05, 3.63) is 71.6 Å². The highest BCUT2D eigenvalue weighted by Gasteiger charge is 2.38. The van der Waals surface area contributed by atoms with Gasteiger partial charge in [0, 0.05) is 30.1 Å². The first-order chi connectivity index (χ1) is 15.7. The second kappa shape index (κ2) is 9.05. The van der Waals surface area contributed by atoms with Gasteiger partial charge in [-0.1, -0.05) is 47.6 Å². The Labute approximate surface area is 187 Å². The van der Waals surface area contributed by atoms with Crippen LogP contribution in [-0.2, 0) is 11.0 Å². The molecule has 1 aromatic heterocycles. The smallest absolute Gasteiger partial charge is 0.341 e. The van der Waals surface area contributed by atoms with Gasteiger partial charge in [-0.15, -0.1) is 0 Å². The lowest BCUT2D eigenvalue weighted by Crippen LogP contribution is -2.46. The van der Waals surface area contributed by atoms with Gasteiger partial charge in [0.2, 0.25) is 11.7 Å². The average molecular weight is 458 g/mol. The van der Waals surface area contributed by atoms with Gasteiger partial charge >= 0.3 is 12.1 Å². The number of rotatable bonds is 5. The average Bonchev–Trinajstić information content (AvgIpc) is 3.49. The second-order valence-corrected chi connectivity index (χ2v) is 7.87. The molecule has 2 aromatic carbocycles. The zero-order valence-electron chi connectivity index (χ0n) is 17.7. The van der Waals surface area contributed by atoms with E-state index < -0.39 is 24.0 Å². The number of aromatic nitrogens is 2. The van der Waals surface area contributed by atoms with Crippen LogP contribution in [0.4, 0.5) is 13.2 Å². The van der Waals surface area contributed by atoms with Crippen LogP contribution in [0.1, 0.15) is 41.1 Å². The molecule has 0 unspecified atom stereocenters. The molecule has 0 spiro atoms. The van der Waals surface area contributed by atoms with E-state index in [2.05, 4.69) is 20.0 Å². The summed E-state index contributed by atoms with van der Waals surface area (Å²) in [7, 11) is 0. The van der Waals surface area contributed by atoms with Crippen molar-refractivity contribution in [2.45, 2.75) is 31.5 Å². The summed E-state index contributed by atoms with van der Waals surface area (Å²) in [5, 5.41) is 6.00. The van der Waals surface area contributed by atoms with Gasteiger partial charge in [0.05, 0.1) is 0 Å². The van der Waals surface area contributed by atoms with Gasteiger partial charge in [-0.3, -0.25) is 9.59 Å². The minimum absolute atomic E-state index is 0.162. The van der Waals surface area contributed by atoms with E-state index in [0.29, 0.717) is 13.1 Å². The van der Waals surface area contributed by atoms with Crippen LogP contribution in [0.25, 0.3) is 11.4 Å². The van der Waals surface area contributed by atoms with E-state index in [1.165, 1.54) is 29.8 Å². The molecule has 10 heteroatoms. The van der Waals surface area contributed by atoms with Crippen LogP contribution < -0.4 is 5.32 Å². The minimum Gasteiger partial charge on any atom is -0.341 e. The van der Waals surface area contributed by atoms with Crippen LogP contribution >= 0.6 is 0 Å². The quantitative estimate of drug-likeness (QED) is 0.627. The monoisotopic (exact) mass is 458 g/mol. The number of likely N-dealkylation sites (tertiary alicyclic amines) is 1.